The summed E-state index contributed by atoms with van der Waals surface area (Å²) in [5.74, 6) is -0.741. The number of anilines is 1. The first-order valence-electron chi connectivity index (χ1n) is 10.5. The Morgan fingerprint density at radius 1 is 1.09 bits per heavy atom. The SMILES string of the molecule is Cc1cc(=O)c(C(=O)Nc2cccc(OCc3cccc(F)c3)c2)nn1-c1ccccc1[N+](=O)[O-]. The Kier molecular flexibility index (Phi) is 6.63. The van der Waals surface area contributed by atoms with Crippen LogP contribution in [0.5, 0.6) is 5.75 Å². The fraction of sp³-hybridized carbons (Fsp3) is 0.0800. The molecule has 1 amide bonds. The molecule has 0 aliphatic carbocycles. The Balaban J connectivity index is 1.57. The van der Waals surface area contributed by atoms with Gasteiger partial charge in [-0.1, -0.05) is 30.3 Å². The van der Waals surface area contributed by atoms with Crippen LogP contribution in [0.3, 0.4) is 0 Å². The summed E-state index contributed by atoms with van der Waals surface area (Å²) in [6, 6.07) is 19.5. The van der Waals surface area contributed by atoms with Gasteiger partial charge in [0.05, 0.1) is 4.92 Å². The lowest BCUT2D eigenvalue weighted by Gasteiger charge is -2.12. The van der Waals surface area contributed by atoms with Crippen LogP contribution in [-0.4, -0.2) is 20.6 Å². The number of nitro groups is 1. The zero-order valence-corrected chi connectivity index (χ0v) is 18.5. The van der Waals surface area contributed by atoms with Crippen molar-refractivity contribution in [2.75, 3.05) is 5.32 Å². The zero-order chi connectivity index (χ0) is 24.9. The van der Waals surface area contributed by atoms with Gasteiger partial charge in [-0.05, 0) is 42.8 Å². The minimum absolute atomic E-state index is 0.120. The number of ether oxygens (including phenoxy) is 1. The average molecular weight is 474 g/mol. The number of aryl methyl sites for hydroxylation is 1. The largest absolute Gasteiger partial charge is 0.489 e. The fourth-order valence-corrected chi connectivity index (χ4v) is 3.39. The topological polar surface area (TPSA) is 116 Å². The van der Waals surface area contributed by atoms with Gasteiger partial charge in [0.25, 0.3) is 11.6 Å². The fourth-order valence-electron chi connectivity index (χ4n) is 3.39. The van der Waals surface area contributed by atoms with E-state index in [0.29, 0.717) is 22.7 Å². The summed E-state index contributed by atoms with van der Waals surface area (Å²) in [7, 11) is 0. The van der Waals surface area contributed by atoms with Gasteiger partial charge in [0, 0.05) is 29.6 Å². The Bertz CT molecular complexity index is 1480. The third kappa shape index (κ3) is 5.38. The highest BCUT2D eigenvalue weighted by atomic mass is 19.1. The summed E-state index contributed by atoms with van der Waals surface area (Å²) in [6.07, 6.45) is 0. The van der Waals surface area contributed by atoms with Gasteiger partial charge in [0.1, 0.15) is 23.9 Å². The second-order valence-electron chi connectivity index (χ2n) is 7.56. The van der Waals surface area contributed by atoms with Crippen molar-refractivity contribution in [3.05, 3.63) is 122 Å². The number of amides is 1. The van der Waals surface area contributed by atoms with E-state index in [0.717, 1.165) is 0 Å². The summed E-state index contributed by atoms with van der Waals surface area (Å²) in [6.45, 7) is 1.68. The number of nitrogens with one attached hydrogen (secondary N) is 1. The molecule has 0 aliphatic heterocycles. The molecule has 0 atom stereocenters. The summed E-state index contributed by atoms with van der Waals surface area (Å²) >= 11 is 0. The lowest BCUT2D eigenvalue weighted by Crippen LogP contribution is -2.27. The van der Waals surface area contributed by atoms with E-state index in [1.165, 1.54) is 41.1 Å². The van der Waals surface area contributed by atoms with E-state index >= 15 is 0 Å². The molecule has 4 rings (SSSR count). The lowest BCUT2D eigenvalue weighted by atomic mass is 10.2. The Morgan fingerprint density at radius 2 is 1.86 bits per heavy atom. The molecule has 0 unspecified atom stereocenters. The highest BCUT2D eigenvalue weighted by molar-refractivity contribution is 6.02. The van der Waals surface area contributed by atoms with Crippen molar-refractivity contribution in [3.63, 3.8) is 0 Å². The normalized spacial score (nSPS) is 10.6. The van der Waals surface area contributed by atoms with Crippen molar-refractivity contribution < 1.29 is 18.8 Å². The second-order valence-corrected chi connectivity index (χ2v) is 7.56. The molecule has 0 fully saturated rings. The molecule has 0 saturated carbocycles. The molecule has 3 aromatic carbocycles. The van der Waals surface area contributed by atoms with Crippen LogP contribution in [0.1, 0.15) is 21.7 Å². The molecule has 1 N–H and O–H groups in total. The van der Waals surface area contributed by atoms with Crippen LogP contribution < -0.4 is 15.5 Å². The van der Waals surface area contributed by atoms with Gasteiger partial charge < -0.3 is 10.1 Å². The predicted molar refractivity (Wildman–Crippen MR) is 126 cm³/mol. The van der Waals surface area contributed by atoms with Crippen molar-refractivity contribution in [1.29, 1.82) is 0 Å². The van der Waals surface area contributed by atoms with Gasteiger partial charge in [-0.3, -0.25) is 19.7 Å². The third-order valence-corrected chi connectivity index (χ3v) is 5.02. The van der Waals surface area contributed by atoms with Crippen LogP contribution in [0.25, 0.3) is 5.69 Å². The van der Waals surface area contributed by atoms with E-state index in [-0.39, 0.29) is 23.8 Å². The van der Waals surface area contributed by atoms with Gasteiger partial charge in [-0.15, -0.1) is 0 Å². The summed E-state index contributed by atoms with van der Waals surface area (Å²) in [5, 5.41) is 18.1. The van der Waals surface area contributed by atoms with E-state index < -0.39 is 22.0 Å². The Hall–Kier alpha value is -4.86. The van der Waals surface area contributed by atoms with E-state index in [2.05, 4.69) is 10.4 Å². The van der Waals surface area contributed by atoms with Gasteiger partial charge in [0.15, 0.2) is 5.69 Å². The van der Waals surface area contributed by atoms with Crippen LogP contribution in [0.4, 0.5) is 15.8 Å². The van der Waals surface area contributed by atoms with Gasteiger partial charge in [0.2, 0.25) is 5.43 Å². The molecule has 1 heterocycles. The minimum atomic E-state index is -0.787. The van der Waals surface area contributed by atoms with Crippen molar-refractivity contribution in [1.82, 2.24) is 9.78 Å². The quantitative estimate of drug-likeness (QED) is 0.313. The number of benzene rings is 3. The van der Waals surface area contributed by atoms with E-state index in [1.807, 2.05) is 0 Å². The van der Waals surface area contributed by atoms with Crippen molar-refractivity contribution in [2.24, 2.45) is 0 Å². The lowest BCUT2D eigenvalue weighted by molar-refractivity contribution is -0.384. The first-order chi connectivity index (χ1) is 16.8. The zero-order valence-electron chi connectivity index (χ0n) is 18.5. The highest BCUT2D eigenvalue weighted by Crippen LogP contribution is 2.23. The molecule has 9 nitrogen and oxygen atoms in total. The van der Waals surface area contributed by atoms with E-state index in [9.17, 15) is 24.1 Å². The number of hydrogen-bond acceptors (Lipinski definition) is 6. The molecule has 0 bridgehead atoms. The monoisotopic (exact) mass is 474 g/mol. The van der Waals surface area contributed by atoms with E-state index in [1.54, 1.807) is 49.4 Å². The first kappa shape index (κ1) is 23.3. The second kappa shape index (κ2) is 9.96. The van der Waals surface area contributed by atoms with Crippen LogP contribution in [0, 0.1) is 22.9 Å². The summed E-state index contributed by atoms with van der Waals surface area (Å²) < 4.78 is 20.2. The average Bonchev–Trinajstić information content (AvgIpc) is 2.83. The maximum absolute atomic E-state index is 13.3. The third-order valence-electron chi connectivity index (χ3n) is 5.02. The maximum Gasteiger partial charge on any atom is 0.294 e. The molecular formula is C25H19FN4O5. The number of aromatic nitrogens is 2. The van der Waals surface area contributed by atoms with Gasteiger partial charge >= 0.3 is 0 Å². The van der Waals surface area contributed by atoms with Crippen molar-refractivity contribution in [3.8, 4) is 11.4 Å². The van der Waals surface area contributed by atoms with Crippen LogP contribution >= 0.6 is 0 Å². The van der Waals surface area contributed by atoms with Crippen molar-refractivity contribution >= 4 is 17.3 Å². The molecule has 0 radical (unpaired) electrons. The number of carbonyl (C=O) groups excluding carboxylic acids is 1. The number of nitro benzene ring substituents is 1. The molecule has 0 aliphatic rings. The van der Waals surface area contributed by atoms with Gasteiger partial charge in [-0.2, -0.15) is 5.10 Å². The molecule has 4 aromatic rings. The number of rotatable bonds is 7. The Labute approximate surface area is 198 Å². The summed E-state index contributed by atoms with van der Waals surface area (Å²) in [4.78, 5) is 36.2. The number of hydrogen-bond donors (Lipinski definition) is 1. The predicted octanol–water partition coefficient (Wildman–Crippen LogP) is 4.42. The standard InChI is InChI=1S/C25H19FN4O5/c1-16-12-23(31)24(28-29(16)21-10-2-3-11-22(21)30(33)34)25(32)27-19-8-5-9-20(14-19)35-15-17-6-4-7-18(26)13-17/h2-14H,15H2,1H3,(H,27,32). The highest BCUT2D eigenvalue weighted by Gasteiger charge is 2.20. The van der Waals surface area contributed by atoms with Crippen molar-refractivity contribution in [2.45, 2.75) is 13.5 Å². The minimum Gasteiger partial charge on any atom is -0.489 e. The number of halogens is 1. The molecule has 176 valence electrons. The molecule has 35 heavy (non-hydrogen) atoms. The molecule has 0 saturated heterocycles. The first-order valence-corrected chi connectivity index (χ1v) is 10.5. The van der Waals surface area contributed by atoms with E-state index in [4.69, 9.17) is 4.74 Å². The number of carbonyl (C=O) groups is 1. The maximum atomic E-state index is 13.3. The molecule has 1 aromatic heterocycles. The summed E-state index contributed by atoms with van der Waals surface area (Å²) in [5.41, 5.74) is 0.143. The van der Waals surface area contributed by atoms with Crippen LogP contribution in [0.15, 0.2) is 83.7 Å². The van der Waals surface area contributed by atoms with Crippen LogP contribution in [-0.2, 0) is 6.61 Å². The number of nitrogens with zero attached hydrogens (tertiary/aromatic N) is 3. The van der Waals surface area contributed by atoms with Crippen LogP contribution in [0.2, 0.25) is 0 Å². The number of para-hydroxylation sites is 2. The van der Waals surface area contributed by atoms with Gasteiger partial charge in [-0.25, -0.2) is 9.07 Å². The molecule has 0 spiro atoms. The smallest absolute Gasteiger partial charge is 0.294 e. The Morgan fingerprint density at radius 3 is 2.63 bits per heavy atom. The molecular weight excluding hydrogens is 455 g/mol. The molecule has 10 heteroatoms.